The Hall–Kier alpha value is -0.800. The minimum atomic E-state index is 0.483. The van der Waals surface area contributed by atoms with E-state index >= 15 is 0 Å². The van der Waals surface area contributed by atoms with Crippen LogP contribution in [0.2, 0.25) is 5.15 Å². The molecule has 0 amide bonds. The third-order valence-corrected chi connectivity index (χ3v) is 2.99. The van der Waals surface area contributed by atoms with Gasteiger partial charge in [-0.2, -0.15) is 0 Å². The first-order chi connectivity index (χ1) is 7.84. The lowest BCUT2D eigenvalue weighted by Gasteiger charge is -2.14. The summed E-state index contributed by atoms with van der Waals surface area (Å²) in [7, 11) is 0. The smallest absolute Gasteiger partial charge is 0.132 e. The van der Waals surface area contributed by atoms with Crippen molar-refractivity contribution < 1.29 is 4.74 Å². The van der Waals surface area contributed by atoms with Gasteiger partial charge in [-0.25, -0.2) is 4.98 Å². The topological polar surface area (TPSA) is 25.4 Å². The zero-order valence-corrected chi connectivity index (χ0v) is 10.1. The molecule has 16 heavy (non-hydrogen) atoms. The lowest BCUT2D eigenvalue weighted by Crippen LogP contribution is -2.21. The second kappa shape index (κ2) is 6.06. The van der Waals surface area contributed by atoms with Gasteiger partial charge in [0.1, 0.15) is 10.9 Å². The van der Waals surface area contributed by atoms with E-state index in [9.17, 15) is 0 Å². The average Bonchev–Trinajstić information content (AvgIpc) is 2.77. The zero-order chi connectivity index (χ0) is 11.2. The maximum Gasteiger partial charge on any atom is 0.132 e. The van der Waals surface area contributed by atoms with Gasteiger partial charge in [-0.3, -0.25) is 0 Å². The standard InChI is InChI=1S/C12H17ClN2O/c13-12-10-11(4-5-14-12)16-9-3-8-15-6-1-2-7-15/h4-5,10H,1-3,6-9H2. The van der Waals surface area contributed by atoms with Crippen LogP contribution in [-0.4, -0.2) is 36.1 Å². The van der Waals surface area contributed by atoms with Gasteiger partial charge in [0.2, 0.25) is 0 Å². The zero-order valence-electron chi connectivity index (χ0n) is 9.36. The Labute approximate surface area is 101 Å². The number of rotatable bonds is 5. The molecular weight excluding hydrogens is 224 g/mol. The quantitative estimate of drug-likeness (QED) is 0.584. The van der Waals surface area contributed by atoms with Crippen LogP contribution in [0.3, 0.4) is 0 Å². The second-order valence-corrected chi connectivity index (χ2v) is 4.45. The Balaban J connectivity index is 1.64. The molecule has 0 unspecified atom stereocenters. The van der Waals surface area contributed by atoms with Gasteiger partial charge in [0.25, 0.3) is 0 Å². The summed E-state index contributed by atoms with van der Waals surface area (Å²) in [4.78, 5) is 6.40. The molecule has 0 saturated carbocycles. The van der Waals surface area contributed by atoms with Gasteiger partial charge in [-0.05, 0) is 38.4 Å². The lowest BCUT2D eigenvalue weighted by atomic mass is 10.4. The highest BCUT2D eigenvalue weighted by Crippen LogP contribution is 2.14. The van der Waals surface area contributed by atoms with E-state index < -0.39 is 0 Å². The molecule has 0 spiro atoms. The van der Waals surface area contributed by atoms with Crippen LogP contribution in [-0.2, 0) is 0 Å². The number of hydrogen-bond donors (Lipinski definition) is 0. The molecule has 0 atom stereocenters. The summed E-state index contributed by atoms with van der Waals surface area (Å²) in [5, 5.41) is 0.483. The van der Waals surface area contributed by atoms with Crippen molar-refractivity contribution >= 4 is 11.6 Å². The monoisotopic (exact) mass is 240 g/mol. The largest absolute Gasteiger partial charge is 0.493 e. The Kier molecular flexibility index (Phi) is 4.43. The van der Waals surface area contributed by atoms with E-state index in [4.69, 9.17) is 16.3 Å². The molecule has 1 aromatic heterocycles. The summed E-state index contributed by atoms with van der Waals surface area (Å²) in [6.07, 6.45) is 5.43. The molecule has 1 aliphatic heterocycles. The number of aromatic nitrogens is 1. The van der Waals surface area contributed by atoms with Gasteiger partial charge in [-0.15, -0.1) is 0 Å². The van der Waals surface area contributed by atoms with E-state index in [-0.39, 0.29) is 0 Å². The molecule has 3 nitrogen and oxygen atoms in total. The molecule has 0 radical (unpaired) electrons. The van der Waals surface area contributed by atoms with Crippen molar-refractivity contribution in [1.82, 2.24) is 9.88 Å². The highest BCUT2D eigenvalue weighted by Gasteiger charge is 2.10. The summed E-state index contributed by atoms with van der Waals surface area (Å²) < 4.78 is 5.60. The van der Waals surface area contributed by atoms with Gasteiger partial charge in [0.05, 0.1) is 6.61 Å². The Morgan fingerprint density at radius 1 is 1.38 bits per heavy atom. The maximum atomic E-state index is 5.76. The average molecular weight is 241 g/mol. The van der Waals surface area contributed by atoms with Gasteiger partial charge in [0.15, 0.2) is 0 Å². The fraction of sp³-hybridized carbons (Fsp3) is 0.583. The maximum absolute atomic E-state index is 5.76. The first-order valence-corrected chi connectivity index (χ1v) is 6.19. The lowest BCUT2D eigenvalue weighted by molar-refractivity contribution is 0.263. The highest BCUT2D eigenvalue weighted by atomic mass is 35.5. The van der Waals surface area contributed by atoms with Crippen LogP contribution in [0.1, 0.15) is 19.3 Å². The van der Waals surface area contributed by atoms with Crippen molar-refractivity contribution in [2.24, 2.45) is 0 Å². The van der Waals surface area contributed by atoms with Gasteiger partial charge in [0, 0.05) is 18.8 Å². The molecule has 1 aliphatic rings. The summed E-state index contributed by atoms with van der Waals surface area (Å²) in [6.45, 7) is 4.39. The Morgan fingerprint density at radius 3 is 2.94 bits per heavy atom. The third kappa shape index (κ3) is 3.65. The SMILES string of the molecule is Clc1cc(OCCCN2CCCC2)ccn1. The van der Waals surface area contributed by atoms with Crippen molar-refractivity contribution in [2.75, 3.05) is 26.2 Å². The van der Waals surface area contributed by atoms with Crippen LogP contribution in [0.25, 0.3) is 0 Å². The summed E-state index contributed by atoms with van der Waals surface area (Å²) in [5.74, 6) is 0.807. The predicted molar refractivity (Wildman–Crippen MR) is 65.0 cm³/mol. The van der Waals surface area contributed by atoms with E-state index in [1.54, 1.807) is 12.3 Å². The minimum Gasteiger partial charge on any atom is -0.493 e. The Bertz CT molecular complexity index is 327. The fourth-order valence-corrected chi connectivity index (χ4v) is 2.12. The van der Waals surface area contributed by atoms with Gasteiger partial charge in [-0.1, -0.05) is 11.6 Å². The number of halogens is 1. The van der Waals surface area contributed by atoms with Crippen molar-refractivity contribution in [1.29, 1.82) is 0 Å². The van der Waals surface area contributed by atoms with Gasteiger partial charge < -0.3 is 9.64 Å². The molecule has 1 fully saturated rings. The molecule has 4 heteroatoms. The first-order valence-electron chi connectivity index (χ1n) is 5.81. The van der Waals surface area contributed by atoms with Crippen LogP contribution in [0.5, 0.6) is 5.75 Å². The normalized spacial score (nSPS) is 16.6. The molecule has 1 saturated heterocycles. The predicted octanol–water partition coefficient (Wildman–Crippen LogP) is 2.60. The molecular formula is C12H17ClN2O. The summed E-state index contributed by atoms with van der Waals surface area (Å²) >= 11 is 5.76. The van der Waals surface area contributed by atoms with Crippen LogP contribution >= 0.6 is 11.6 Å². The van der Waals surface area contributed by atoms with Gasteiger partial charge >= 0.3 is 0 Å². The number of likely N-dealkylation sites (tertiary alicyclic amines) is 1. The second-order valence-electron chi connectivity index (χ2n) is 4.07. The van der Waals surface area contributed by atoms with Crippen molar-refractivity contribution in [3.05, 3.63) is 23.5 Å². The van der Waals surface area contributed by atoms with Crippen molar-refractivity contribution in [3.63, 3.8) is 0 Å². The van der Waals surface area contributed by atoms with Crippen molar-refractivity contribution in [3.8, 4) is 5.75 Å². The highest BCUT2D eigenvalue weighted by molar-refractivity contribution is 6.29. The third-order valence-electron chi connectivity index (χ3n) is 2.78. The van der Waals surface area contributed by atoms with E-state index in [0.717, 1.165) is 25.3 Å². The molecule has 0 N–H and O–H groups in total. The molecule has 0 aromatic carbocycles. The number of ether oxygens (including phenoxy) is 1. The minimum absolute atomic E-state index is 0.483. The molecule has 88 valence electrons. The van der Waals surface area contributed by atoms with E-state index in [2.05, 4.69) is 9.88 Å². The van der Waals surface area contributed by atoms with Crippen LogP contribution in [0.15, 0.2) is 18.3 Å². The molecule has 1 aromatic rings. The van der Waals surface area contributed by atoms with E-state index in [1.807, 2.05) is 6.07 Å². The summed E-state index contributed by atoms with van der Waals surface area (Å²) in [6, 6.07) is 3.58. The van der Waals surface area contributed by atoms with E-state index in [1.165, 1.54) is 25.9 Å². The summed E-state index contributed by atoms with van der Waals surface area (Å²) in [5.41, 5.74) is 0. The van der Waals surface area contributed by atoms with Crippen LogP contribution in [0.4, 0.5) is 0 Å². The van der Waals surface area contributed by atoms with Crippen LogP contribution in [0, 0.1) is 0 Å². The van der Waals surface area contributed by atoms with Crippen LogP contribution < -0.4 is 4.74 Å². The Morgan fingerprint density at radius 2 is 2.19 bits per heavy atom. The van der Waals surface area contributed by atoms with Crippen molar-refractivity contribution in [2.45, 2.75) is 19.3 Å². The molecule has 2 rings (SSSR count). The number of pyridine rings is 1. The number of hydrogen-bond acceptors (Lipinski definition) is 3. The fourth-order valence-electron chi connectivity index (χ4n) is 1.96. The molecule has 0 aliphatic carbocycles. The molecule has 2 heterocycles. The first kappa shape index (κ1) is 11.7. The molecule has 0 bridgehead atoms. The number of nitrogens with zero attached hydrogens (tertiary/aromatic N) is 2. The van der Waals surface area contributed by atoms with E-state index in [0.29, 0.717) is 5.15 Å².